The second kappa shape index (κ2) is 10.6. The summed E-state index contributed by atoms with van der Waals surface area (Å²) < 4.78 is 11.3. The van der Waals surface area contributed by atoms with E-state index >= 15 is 0 Å². The van der Waals surface area contributed by atoms with Gasteiger partial charge in [-0.25, -0.2) is 4.79 Å². The fraction of sp³-hybridized carbons (Fsp3) is 0.462. The van der Waals surface area contributed by atoms with Crippen LogP contribution in [0, 0.1) is 0 Å². The van der Waals surface area contributed by atoms with Gasteiger partial charge in [0.2, 0.25) is 0 Å². The summed E-state index contributed by atoms with van der Waals surface area (Å²) in [6.45, 7) is 5.54. The van der Waals surface area contributed by atoms with Gasteiger partial charge < -0.3 is 19.3 Å². The molecular weight excluding hydrogens is 404 g/mol. The first-order valence-corrected chi connectivity index (χ1v) is 11.6. The number of benzene rings is 2. The second-order valence-electron chi connectivity index (χ2n) is 8.59. The van der Waals surface area contributed by atoms with Gasteiger partial charge in [-0.2, -0.15) is 0 Å². The number of urea groups is 1. The highest BCUT2D eigenvalue weighted by molar-refractivity contribution is 5.75. The first-order valence-electron chi connectivity index (χ1n) is 11.6. The lowest BCUT2D eigenvalue weighted by atomic mass is 9.88. The van der Waals surface area contributed by atoms with Gasteiger partial charge in [-0.3, -0.25) is 4.79 Å². The first kappa shape index (κ1) is 22.3. The third kappa shape index (κ3) is 5.68. The molecule has 2 aromatic carbocycles. The predicted molar refractivity (Wildman–Crippen MR) is 123 cm³/mol. The highest BCUT2D eigenvalue weighted by atomic mass is 16.5. The number of hydrogen-bond donors (Lipinski definition) is 0. The summed E-state index contributed by atoms with van der Waals surface area (Å²) in [5.74, 6) is -0.115. The van der Waals surface area contributed by atoms with Gasteiger partial charge >= 0.3 is 12.0 Å². The zero-order valence-corrected chi connectivity index (χ0v) is 18.7. The van der Waals surface area contributed by atoms with E-state index in [2.05, 4.69) is 31.2 Å². The maximum Gasteiger partial charge on any atom is 0.320 e. The van der Waals surface area contributed by atoms with Crippen LogP contribution in [0.2, 0.25) is 0 Å². The Morgan fingerprint density at radius 1 is 0.938 bits per heavy atom. The lowest BCUT2D eigenvalue weighted by molar-refractivity contribution is -0.150. The van der Waals surface area contributed by atoms with Crippen LogP contribution in [0.25, 0.3) is 0 Å². The van der Waals surface area contributed by atoms with E-state index in [0.29, 0.717) is 39.4 Å². The molecule has 2 saturated heterocycles. The van der Waals surface area contributed by atoms with Crippen LogP contribution in [-0.4, -0.2) is 67.3 Å². The Balaban J connectivity index is 1.47. The molecule has 0 N–H and O–H groups in total. The lowest BCUT2D eigenvalue weighted by Crippen LogP contribution is -2.54. The van der Waals surface area contributed by atoms with Crippen molar-refractivity contribution in [2.45, 2.75) is 38.2 Å². The molecule has 0 saturated carbocycles. The molecule has 4 rings (SSSR count). The van der Waals surface area contributed by atoms with Gasteiger partial charge in [0.05, 0.1) is 26.2 Å². The van der Waals surface area contributed by atoms with Gasteiger partial charge in [-0.05, 0) is 29.5 Å². The third-order valence-corrected chi connectivity index (χ3v) is 6.31. The minimum absolute atomic E-state index is 0.00675. The van der Waals surface area contributed by atoms with E-state index in [4.69, 9.17) is 9.47 Å². The SMILES string of the molecule is CCc1ccc(C2CC(OC(=O)Cc3ccccc3)CN(C(=O)N3CCOCC3)C2)cc1. The van der Waals surface area contributed by atoms with Crippen LogP contribution < -0.4 is 0 Å². The Hall–Kier alpha value is -2.86. The molecule has 2 aromatic rings. The number of carbonyl (C=O) groups is 2. The molecule has 2 aliphatic rings. The van der Waals surface area contributed by atoms with Crippen LogP contribution in [0.5, 0.6) is 0 Å². The number of morpholine rings is 1. The number of rotatable bonds is 5. The molecule has 2 unspecified atom stereocenters. The summed E-state index contributed by atoms with van der Waals surface area (Å²) in [6.07, 6.45) is 1.64. The normalized spacial score (nSPS) is 21.3. The molecule has 6 nitrogen and oxygen atoms in total. The minimum atomic E-state index is -0.319. The summed E-state index contributed by atoms with van der Waals surface area (Å²) in [5.41, 5.74) is 3.41. The number of piperidine rings is 1. The fourth-order valence-corrected chi connectivity index (χ4v) is 4.51. The highest BCUT2D eigenvalue weighted by Gasteiger charge is 2.35. The van der Waals surface area contributed by atoms with E-state index in [1.165, 1.54) is 11.1 Å². The Bertz CT molecular complexity index is 894. The average Bonchev–Trinajstić information content (AvgIpc) is 2.84. The van der Waals surface area contributed by atoms with Gasteiger partial charge in [0.25, 0.3) is 0 Å². The van der Waals surface area contributed by atoms with Gasteiger partial charge in [0, 0.05) is 25.6 Å². The number of aryl methyl sites for hydroxylation is 1. The summed E-state index contributed by atoms with van der Waals surface area (Å²) in [7, 11) is 0. The van der Waals surface area contributed by atoms with Crippen LogP contribution in [0.1, 0.15) is 36.0 Å². The van der Waals surface area contributed by atoms with E-state index in [0.717, 1.165) is 18.4 Å². The van der Waals surface area contributed by atoms with Crippen LogP contribution in [0.3, 0.4) is 0 Å². The maximum atomic E-state index is 13.2. The smallest absolute Gasteiger partial charge is 0.320 e. The van der Waals surface area contributed by atoms with Crippen molar-refractivity contribution in [1.29, 1.82) is 0 Å². The number of ether oxygens (including phenoxy) is 2. The van der Waals surface area contributed by atoms with E-state index in [1.54, 1.807) is 0 Å². The number of amides is 2. The van der Waals surface area contributed by atoms with Crippen molar-refractivity contribution < 1.29 is 19.1 Å². The molecule has 2 amide bonds. The van der Waals surface area contributed by atoms with E-state index in [-0.39, 0.29) is 30.4 Å². The van der Waals surface area contributed by atoms with Crippen LogP contribution >= 0.6 is 0 Å². The molecule has 6 heteroatoms. The van der Waals surface area contributed by atoms with Crippen LogP contribution in [0.4, 0.5) is 4.79 Å². The van der Waals surface area contributed by atoms with E-state index < -0.39 is 0 Å². The van der Waals surface area contributed by atoms with Crippen molar-refractivity contribution in [2.75, 3.05) is 39.4 Å². The zero-order chi connectivity index (χ0) is 22.3. The zero-order valence-electron chi connectivity index (χ0n) is 18.7. The molecule has 2 fully saturated rings. The van der Waals surface area contributed by atoms with E-state index in [1.807, 2.05) is 40.1 Å². The summed E-state index contributed by atoms with van der Waals surface area (Å²) in [4.78, 5) is 29.5. The number of esters is 1. The molecule has 0 radical (unpaired) electrons. The molecule has 0 bridgehead atoms. The number of carbonyl (C=O) groups excluding carboxylic acids is 2. The standard InChI is InChI=1S/C26H32N2O4/c1-2-20-8-10-22(11-9-20)23-17-24(32-25(29)16-21-6-4-3-5-7-21)19-28(18-23)26(30)27-12-14-31-15-13-27/h3-11,23-24H,2,12-19H2,1H3. The molecule has 0 aliphatic carbocycles. The van der Waals surface area contributed by atoms with Gasteiger partial charge in [-0.1, -0.05) is 61.5 Å². The number of nitrogens with zero attached hydrogens (tertiary/aromatic N) is 2. The maximum absolute atomic E-state index is 13.2. The van der Waals surface area contributed by atoms with Crippen LogP contribution in [-0.2, 0) is 27.1 Å². The molecule has 0 spiro atoms. The Labute approximate surface area is 190 Å². The quantitative estimate of drug-likeness (QED) is 0.672. The van der Waals surface area contributed by atoms with Gasteiger partial charge in [0.15, 0.2) is 0 Å². The second-order valence-corrected chi connectivity index (χ2v) is 8.59. The molecule has 2 aliphatic heterocycles. The van der Waals surface area contributed by atoms with Crippen molar-refractivity contribution in [3.63, 3.8) is 0 Å². The molecular formula is C26H32N2O4. The molecule has 2 heterocycles. The summed E-state index contributed by atoms with van der Waals surface area (Å²) in [6, 6.07) is 18.2. The van der Waals surface area contributed by atoms with Crippen LogP contribution in [0.15, 0.2) is 54.6 Å². The Morgan fingerprint density at radius 3 is 2.34 bits per heavy atom. The largest absolute Gasteiger partial charge is 0.460 e. The topological polar surface area (TPSA) is 59.1 Å². The Kier molecular flexibility index (Phi) is 7.43. The molecule has 32 heavy (non-hydrogen) atoms. The fourth-order valence-electron chi connectivity index (χ4n) is 4.51. The molecule has 0 aromatic heterocycles. The average molecular weight is 437 g/mol. The molecule has 2 atom stereocenters. The molecule has 170 valence electrons. The third-order valence-electron chi connectivity index (χ3n) is 6.31. The minimum Gasteiger partial charge on any atom is -0.460 e. The Morgan fingerprint density at radius 2 is 1.66 bits per heavy atom. The number of likely N-dealkylation sites (tertiary alicyclic amines) is 1. The lowest BCUT2D eigenvalue weighted by Gasteiger charge is -2.40. The van der Waals surface area contributed by atoms with Crippen molar-refractivity contribution >= 4 is 12.0 Å². The summed E-state index contributed by atoms with van der Waals surface area (Å²) >= 11 is 0. The highest BCUT2D eigenvalue weighted by Crippen LogP contribution is 2.30. The van der Waals surface area contributed by atoms with E-state index in [9.17, 15) is 9.59 Å². The van der Waals surface area contributed by atoms with Gasteiger partial charge in [0.1, 0.15) is 6.10 Å². The number of hydrogen-bond acceptors (Lipinski definition) is 4. The van der Waals surface area contributed by atoms with Crippen molar-refractivity contribution in [3.8, 4) is 0 Å². The van der Waals surface area contributed by atoms with Crippen molar-refractivity contribution in [1.82, 2.24) is 9.80 Å². The van der Waals surface area contributed by atoms with Gasteiger partial charge in [-0.15, -0.1) is 0 Å². The van der Waals surface area contributed by atoms with Crippen molar-refractivity contribution in [3.05, 3.63) is 71.3 Å². The predicted octanol–water partition coefficient (Wildman–Crippen LogP) is 3.65. The van der Waals surface area contributed by atoms with Crippen molar-refractivity contribution in [2.24, 2.45) is 0 Å². The first-order chi connectivity index (χ1) is 15.6. The summed E-state index contributed by atoms with van der Waals surface area (Å²) in [5, 5.41) is 0. The monoisotopic (exact) mass is 436 g/mol.